The Labute approximate surface area is 175 Å². The van der Waals surface area contributed by atoms with Crippen LogP contribution in [0.25, 0.3) is 17.4 Å². The molecule has 1 aliphatic rings. The summed E-state index contributed by atoms with van der Waals surface area (Å²) in [6.45, 7) is 3.04. The standard InChI is InChI=1S/C23H22ClN3O2/c24-21-16-17(25)6-9-20(21)22-10-7-19(29-22)8-11-23(28)27-14-12-26(13-15-27)18-4-2-1-3-5-18/h1-11,16H,12-15,25H2/b11-8+. The summed E-state index contributed by atoms with van der Waals surface area (Å²) < 4.78 is 5.81. The van der Waals surface area contributed by atoms with Crippen LogP contribution in [0.4, 0.5) is 11.4 Å². The van der Waals surface area contributed by atoms with Crippen LogP contribution in [0.3, 0.4) is 0 Å². The summed E-state index contributed by atoms with van der Waals surface area (Å²) in [6.07, 6.45) is 3.26. The lowest BCUT2D eigenvalue weighted by Crippen LogP contribution is -2.48. The van der Waals surface area contributed by atoms with Crippen molar-refractivity contribution in [2.75, 3.05) is 36.8 Å². The maximum Gasteiger partial charge on any atom is 0.246 e. The first-order valence-electron chi connectivity index (χ1n) is 9.52. The van der Waals surface area contributed by atoms with Gasteiger partial charge in [-0.25, -0.2) is 0 Å². The van der Waals surface area contributed by atoms with E-state index in [0.717, 1.165) is 18.7 Å². The molecule has 4 rings (SSSR count). The number of halogens is 1. The Morgan fingerprint density at radius 1 is 1.00 bits per heavy atom. The summed E-state index contributed by atoms with van der Waals surface area (Å²) in [5.41, 5.74) is 8.29. The van der Waals surface area contributed by atoms with Crippen molar-refractivity contribution in [3.8, 4) is 11.3 Å². The smallest absolute Gasteiger partial charge is 0.246 e. The molecular formula is C23H22ClN3O2. The number of hydrogen-bond acceptors (Lipinski definition) is 4. The number of piperazine rings is 1. The van der Waals surface area contributed by atoms with Gasteiger partial charge in [-0.2, -0.15) is 0 Å². The minimum atomic E-state index is -0.0128. The summed E-state index contributed by atoms with van der Waals surface area (Å²) in [5.74, 6) is 1.23. The molecule has 0 unspecified atom stereocenters. The Balaban J connectivity index is 1.36. The van der Waals surface area contributed by atoms with Gasteiger partial charge in [-0.1, -0.05) is 29.8 Å². The van der Waals surface area contributed by atoms with Gasteiger partial charge in [-0.05, 0) is 48.5 Å². The Morgan fingerprint density at radius 3 is 2.48 bits per heavy atom. The van der Waals surface area contributed by atoms with E-state index in [9.17, 15) is 4.79 Å². The van der Waals surface area contributed by atoms with E-state index in [0.29, 0.717) is 35.3 Å². The van der Waals surface area contributed by atoms with E-state index >= 15 is 0 Å². The molecule has 1 fully saturated rings. The molecule has 0 spiro atoms. The van der Waals surface area contributed by atoms with E-state index in [4.69, 9.17) is 21.8 Å². The normalized spacial score (nSPS) is 14.5. The van der Waals surface area contributed by atoms with Crippen LogP contribution in [0.2, 0.25) is 5.02 Å². The number of anilines is 2. The van der Waals surface area contributed by atoms with E-state index in [1.54, 1.807) is 24.3 Å². The molecule has 2 N–H and O–H groups in total. The molecule has 0 radical (unpaired) electrons. The first-order chi connectivity index (χ1) is 14.1. The number of nitrogen functional groups attached to an aromatic ring is 1. The lowest BCUT2D eigenvalue weighted by atomic mass is 10.1. The molecule has 1 aromatic heterocycles. The maximum atomic E-state index is 12.5. The van der Waals surface area contributed by atoms with Crippen molar-refractivity contribution < 1.29 is 9.21 Å². The molecule has 5 nitrogen and oxygen atoms in total. The quantitative estimate of drug-likeness (QED) is 0.509. The van der Waals surface area contributed by atoms with Gasteiger partial charge in [0.1, 0.15) is 11.5 Å². The van der Waals surface area contributed by atoms with Crippen LogP contribution in [0.1, 0.15) is 5.76 Å². The van der Waals surface area contributed by atoms with Gasteiger partial charge >= 0.3 is 0 Å². The SMILES string of the molecule is Nc1ccc(-c2ccc(/C=C/C(=O)N3CCN(c4ccccc4)CC3)o2)c(Cl)c1. The van der Waals surface area contributed by atoms with E-state index in [-0.39, 0.29) is 5.91 Å². The van der Waals surface area contributed by atoms with Gasteiger partial charge in [0, 0.05) is 49.2 Å². The zero-order chi connectivity index (χ0) is 20.2. The number of nitrogens with zero attached hydrogens (tertiary/aromatic N) is 2. The molecule has 1 amide bonds. The molecule has 2 aromatic carbocycles. The zero-order valence-corrected chi connectivity index (χ0v) is 16.7. The summed E-state index contributed by atoms with van der Waals surface area (Å²) >= 11 is 6.24. The van der Waals surface area contributed by atoms with Crippen LogP contribution < -0.4 is 10.6 Å². The molecule has 0 atom stereocenters. The van der Waals surface area contributed by atoms with Gasteiger partial charge in [-0.15, -0.1) is 0 Å². The van der Waals surface area contributed by atoms with E-state index in [1.165, 1.54) is 5.69 Å². The number of hydrogen-bond donors (Lipinski definition) is 1. The molecule has 0 saturated carbocycles. The second kappa shape index (κ2) is 8.45. The molecule has 6 heteroatoms. The second-order valence-electron chi connectivity index (χ2n) is 6.92. The first-order valence-corrected chi connectivity index (χ1v) is 9.90. The van der Waals surface area contributed by atoms with Gasteiger partial charge in [0.15, 0.2) is 0 Å². The summed E-state index contributed by atoms with van der Waals surface area (Å²) in [4.78, 5) is 16.7. The highest BCUT2D eigenvalue weighted by Crippen LogP contribution is 2.31. The number of benzene rings is 2. The molecule has 1 aliphatic heterocycles. The number of nitrogens with two attached hydrogens (primary N) is 1. The fourth-order valence-electron chi connectivity index (χ4n) is 3.40. The third-order valence-electron chi connectivity index (χ3n) is 4.99. The number of amides is 1. The number of rotatable bonds is 4. The predicted octanol–water partition coefficient (Wildman–Crippen LogP) is 4.54. The van der Waals surface area contributed by atoms with Crippen molar-refractivity contribution in [3.05, 3.63) is 77.5 Å². The van der Waals surface area contributed by atoms with Crippen LogP contribution in [0.5, 0.6) is 0 Å². The first kappa shape index (κ1) is 19.2. The van der Waals surface area contributed by atoms with Crippen molar-refractivity contribution in [2.45, 2.75) is 0 Å². The summed E-state index contributed by atoms with van der Waals surface area (Å²) in [7, 11) is 0. The van der Waals surface area contributed by atoms with Crippen molar-refractivity contribution in [3.63, 3.8) is 0 Å². The molecule has 0 aliphatic carbocycles. The highest BCUT2D eigenvalue weighted by molar-refractivity contribution is 6.33. The molecule has 2 heterocycles. The van der Waals surface area contributed by atoms with Crippen LogP contribution in [-0.4, -0.2) is 37.0 Å². The maximum absolute atomic E-state index is 12.5. The number of para-hydroxylation sites is 1. The van der Waals surface area contributed by atoms with Crippen molar-refractivity contribution >= 4 is 35.0 Å². The van der Waals surface area contributed by atoms with Gasteiger partial charge in [0.05, 0.1) is 5.02 Å². The van der Waals surface area contributed by atoms with E-state index in [2.05, 4.69) is 17.0 Å². The van der Waals surface area contributed by atoms with Crippen LogP contribution in [0, 0.1) is 0 Å². The highest BCUT2D eigenvalue weighted by Gasteiger charge is 2.19. The Kier molecular flexibility index (Phi) is 5.58. The number of carbonyl (C=O) groups is 1. The molecule has 0 bridgehead atoms. The molecule has 1 saturated heterocycles. The van der Waals surface area contributed by atoms with Crippen LogP contribution in [0.15, 0.2) is 71.2 Å². The Hall–Kier alpha value is -3.18. The summed E-state index contributed by atoms with van der Waals surface area (Å²) in [5, 5.41) is 0.530. The molecule has 148 valence electrons. The molecule has 29 heavy (non-hydrogen) atoms. The molecular weight excluding hydrogens is 386 g/mol. The number of carbonyl (C=O) groups excluding carboxylic acids is 1. The largest absolute Gasteiger partial charge is 0.457 e. The summed E-state index contributed by atoms with van der Waals surface area (Å²) in [6, 6.07) is 19.2. The van der Waals surface area contributed by atoms with Crippen molar-refractivity contribution in [1.29, 1.82) is 0 Å². The lowest BCUT2D eigenvalue weighted by Gasteiger charge is -2.35. The lowest BCUT2D eigenvalue weighted by molar-refractivity contribution is -0.126. The predicted molar refractivity (Wildman–Crippen MR) is 118 cm³/mol. The van der Waals surface area contributed by atoms with Crippen molar-refractivity contribution in [2.24, 2.45) is 0 Å². The van der Waals surface area contributed by atoms with Crippen LogP contribution >= 0.6 is 11.6 Å². The fourth-order valence-corrected chi connectivity index (χ4v) is 3.68. The minimum Gasteiger partial charge on any atom is -0.457 e. The average Bonchev–Trinajstić information content (AvgIpc) is 3.21. The van der Waals surface area contributed by atoms with Crippen LogP contribution in [-0.2, 0) is 4.79 Å². The van der Waals surface area contributed by atoms with Gasteiger partial charge in [0.25, 0.3) is 0 Å². The second-order valence-corrected chi connectivity index (χ2v) is 7.33. The fraction of sp³-hybridized carbons (Fsp3) is 0.174. The van der Waals surface area contributed by atoms with Gasteiger partial charge in [-0.3, -0.25) is 4.79 Å². The third kappa shape index (κ3) is 4.46. The minimum absolute atomic E-state index is 0.0128. The van der Waals surface area contributed by atoms with E-state index in [1.807, 2.05) is 41.3 Å². The highest BCUT2D eigenvalue weighted by atomic mass is 35.5. The third-order valence-corrected chi connectivity index (χ3v) is 5.30. The topological polar surface area (TPSA) is 62.7 Å². The van der Waals surface area contributed by atoms with Crippen molar-refractivity contribution in [1.82, 2.24) is 4.90 Å². The zero-order valence-electron chi connectivity index (χ0n) is 15.9. The Morgan fingerprint density at radius 2 is 1.76 bits per heavy atom. The van der Waals surface area contributed by atoms with Gasteiger partial charge in [0.2, 0.25) is 5.91 Å². The molecule has 3 aromatic rings. The Bertz CT molecular complexity index is 1020. The van der Waals surface area contributed by atoms with Gasteiger partial charge < -0.3 is 20.0 Å². The average molecular weight is 408 g/mol. The monoisotopic (exact) mass is 407 g/mol. The number of furan rings is 1. The van der Waals surface area contributed by atoms with E-state index < -0.39 is 0 Å².